The molecule has 0 amide bonds. The number of carbonyl (C=O) groups is 1. The Morgan fingerprint density at radius 3 is 2.48 bits per heavy atom. The normalized spacial score (nSPS) is 15.8. The van der Waals surface area contributed by atoms with Crippen LogP contribution in [0, 0.1) is 5.92 Å². The van der Waals surface area contributed by atoms with E-state index in [0.717, 1.165) is 44.6 Å². The quantitative estimate of drug-likeness (QED) is 0.837. The number of ether oxygens (including phenoxy) is 1. The molecule has 0 aliphatic carbocycles. The van der Waals surface area contributed by atoms with E-state index in [1.54, 1.807) is 0 Å². The van der Waals surface area contributed by atoms with Gasteiger partial charge in [-0.2, -0.15) is 0 Å². The van der Waals surface area contributed by atoms with Gasteiger partial charge in [0.1, 0.15) is 5.75 Å². The highest BCUT2D eigenvalue weighted by Crippen LogP contribution is 2.21. The van der Waals surface area contributed by atoms with Gasteiger partial charge in [0.25, 0.3) is 0 Å². The fourth-order valence-electron chi connectivity index (χ4n) is 3.26. The second-order valence-corrected chi connectivity index (χ2v) is 6.62. The predicted molar refractivity (Wildman–Crippen MR) is 97.7 cm³/mol. The van der Waals surface area contributed by atoms with Gasteiger partial charge in [-0.1, -0.05) is 42.5 Å². The summed E-state index contributed by atoms with van der Waals surface area (Å²) in [5.41, 5.74) is 2.49. The van der Waals surface area contributed by atoms with Gasteiger partial charge in [0, 0.05) is 13.0 Å². The van der Waals surface area contributed by atoms with E-state index in [-0.39, 0.29) is 5.92 Å². The fourth-order valence-corrected chi connectivity index (χ4v) is 3.26. The highest BCUT2D eigenvalue weighted by molar-refractivity contribution is 5.70. The molecule has 4 heteroatoms. The number of nitrogens with zero attached hydrogens (tertiary/aromatic N) is 1. The van der Waals surface area contributed by atoms with Gasteiger partial charge in [-0.3, -0.25) is 9.69 Å². The minimum Gasteiger partial charge on any atom is -0.493 e. The first kappa shape index (κ1) is 17.5. The Morgan fingerprint density at radius 2 is 1.76 bits per heavy atom. The Bertz CT molecular complexity index is 679. The van der Waals surface area contributed by atoms with Crippen LogP contribution in [0.2, 0.25) is 0 Å². The second-order valence-electron chi connectivity index (χ2n) is 6.62. The molecule has 0 bridgehead atoms. The van der Waals surface area contributed by atoms with Crippen molar-refractivity contribution in [2.45, 2.75) is 25.8 Å². The zero-order valence-corrected chi connectivity index (χ0v) is 14.4. The van der Waals surface area contributed by atoms with Crippen molar-refractivity contribution in [2.24, 2.45) is 5.92 Å². The molecule has 1 aliphatic heterocycles. The largest absolute Gasteiger partial charge is 0.493 e. The van der Waals surface area contributed by atoms with E-state index in [1.165, 1.54) is 11.1 Å². The van der Waals surface area contributed by atoms with Crippen LogP contribution in [-0.2, 0) is 17.8 Å². The summed E-state index contributed by atoms with van der Waals surface area (Å²) in [6.45, 7) is 3.20. The summed E-state index contributed by atoms with van der Waals surface area (Å²) >= 11 is 0. The number of hydrogen-bond donors (Lipinski definition) is 1. The zero-order valence-electron chi connectivity index (χ0n) is 14.4. The molecular weight excluding hydrogens is 314 g/mol. The monoisotopic (exact) mass is 339 g/mol. The van der Waals surface area contributed by atoms with Gasteiger partial charge < -0.3 is 9.84 Å². The lowest BCUT2D eigenvalue weighted by atomic mass is 9.97. The maximum absolute atomic E-state index is 11.0. The van der Waals surface area contributed by atoms with Crippen molar-refractivity contribution in [3.63, 3.8) is 0 Å². The summed E-state index contributed by atoms with van der Waals surface area (Å²) in [7, 11) is 0. The van der Waals surface area contributed by atoms with Crippen molar-refractivity contribution < 1.29 is 14.6 Å². The Labute approximate surface area is 149 Å². The molecule has 2 aromatic carbocycles. The van der Waals surface area contributed by atoms with Gasteiger partial charge in [-0.15, -0.1) is 0 Å². The van der Waals surface area contributed by atoms with Crippen LogP contribution in [0.3, 0.4) is 0 Å². The molecule has 4 nitrogen and oxygen atoms in total. The molecule has 0 aromatic heterocycles. The van der Waals surface area contributed by atoms with E-state index in [1.807, 2.05) is 30.3 Å². The third-order valence-electron chi connectivity index (χ3n) is 4.74. The van der Waals surface area contributed by atoms with Crippen molar-refractivity contribution in [3.05, 3.63) is 65.7 Å². The minimum absolute atomic E-state index is 0.177. The van der Waals surface area contributed by atoms with E-state index in [4.69, 9.17) is 9.84 Å². The van der Waals surface area contributed by atoms with Crippen molar-refractivity contribution >= 4 is 5.97 Å². The number of hydrogen-bond acceptors (Lipinski definition) is 3. The Morgan fingerprint density at radius 1 is 1.04 bits per heavy atom. The van der Waals surface area contributed by atoms with Crippen LogP contribution in [0.25, 0.3) is 0 Å². The average Bonchev–Trinajstić information content (AvgIpc) is 2.63. The highest BCUT2D eigenvalue weighted by Gasteiger charge is 2.24. The summed E-state index contributed by atoms with van der Waals surface area (Å²) in [6, 6.07) is 18.5. The molecule has 0 unspecified atom stereocenters. The number of aliphatic carboxylic acids is 1. The summed E-state index contributed by atoms with van der Waals surface area (Å²) in [5.74, 6) is 0.0613. The molecule has 2 aromatic rings. The van der Waals surface area contributed by atoms with Crippen molar-refractivity contribution in [1.29, 1.82) is 0 Å². The van der Waals surface area contributed by atoms with E-state index < -0.39 is 5.97 Å². The molecule has 1 fully saturated rings. The maximum atomic E-state index is 11.0. The maximum Gasteiger partial charge on any atom is 0.306 e. The molecule has 1 saturated heterocycles. The van der Waals surface area contributed by atoms with Crippen LogP contribution >= 0.6 is 0 Å². The molecule has 25 heavy (non-hydrogen) atoms. The molecule has 0 atom stereocenters. The standard InChI is InChI=1S/C21H25NO3/c23-21(24)19-9-12-22(13-10-19)16-18-7-4-8-20(15-18)25-14-11-17-5-2-1-3-6-17/h1-8,15,19H,9-14,16H2,(H,23,24). The summed E-state index contributed by atoms with van der Waals surface area (Å²) in [5, 5.41) is 9.08. The highest BCUT2D eigenvalue weighted by atomic mass is 16.5. The summed E-state index contributed by atoms with van der Waals surface area (Å²) < 4.78 is 5.89. The molecule has 0 saturated carbocycles. The van der Waals surface area contributed by atoms with Gasteiger partial charge in [0.2, 0.25) is 0 Å². The average molecular weight is 339 g/mol. The fraction of sp³-hybridized carbons (Fsp3) is 0.381. The number of rotatable bonds is 7. The van der Waals surface area contributed by atoms with Gasteiger partial charge >= 0.3 is 5.97 Å². The smallest absolute Gasteiger partial charge is 0.306 e. The lowest BCUT2D eigenvalue weighted by Crippen LogP contribution is -2.35. The van der Waals surface area contributed by atoms with E-state index in [0.29, 0.717) is 6.61 Å². The van der Waals surface area contributed by atoms with E-state index in [2.05, 4.69) is 29.2 Å². The molecular formula is C21H25NO3. The Hall–Kier alpha value is -2.33. The number of benzene rings is 2. The zero-order chi connectivity index (χ0) is 17.5. The first-order valence-corrected chi connectivity index (χ1v) is 8.91. The van der Waals surface area contributed by atoms with E-state index in [9.17, 15) is 4.79 Å². The first-order chi connectivity index (χ1) is 12.2. The van der Waals surface area contributed by atoms with Gasteiger partial charge in [-0.25, -0.2) is 0 Å². The molecule has 132 valence electrons. The third kappa shape index (κ3) is 5.33. The third-order valence-corrected chi connectivity index (χ3v) is 4.74. The van der Waals surface area contributed by atoms with Crippen LogP contribution in [-0.4, -0.2) is 35.7 Å². The van der Waals surface area contributed by atoms with Gasteiger partial charge in [-0.05, 0) is 49.2 Å². The molecule has 0 radical (unpaired) electrons. The van der Waals surface area contributed by atoms with Crippen LogP contribution in [0.1, 0.15) is 24.0 Å². The van der Waals surface area contributed by atoms with Crippen LogP contribution in [0.15, 0.2) is 54.6 Å². The minimum atomic E-state index is -0.659. The molecule has 1 aliphatic rings. The SMILES string of the molecule is O=C(O)C1CCN(Cc2cccc(OCCc3ccccc3)c2)CC1. The second kappa shape index (κ2) is 8.67. The molecule has 0 spiro atoms. The number of likely N-dealkylation sites (tertiary alicyclic amines) is 1. The lowest BCUT2D eigenvalue weighted by Gasteiger charge is -2.30. The Balaban J connectivity index is 1.47. The molecule has 1 N–H and O–H groups in total. The topological polar surface area (TPSA) is 49.8 Å². The summed E-state index contributed by atoms with van der Waals surface area (Å²) in [6.07, 6.45) is 2.37. The van der Waals surface area contributed by atoms with Crippen molar-refractivity contribution in [1.82, 2.24) is 4.90 Å². The van der Waals surface area contributed by atoms with Gasteiger partial charge in [0.05, 0.1) is 12.5 Å². The van der Waals surface area contributed by atoms with Crippen LogP contribution in [0.5, 0.6) is 5.75 Å². The number of carboxylic acid groups (broad SMARTS) is 1. The van der Waals surface area contributed by atoms with Gasteiger partial charge in [0.15, 0.2) is 0 Å². The molecule has 1 heterocycles. The number of piperidine rings is 1. The van der Waals surface area contributed by atoms with E-state index >= 15 is 0 Å². The molecule has 3 rings (SSSR count). The Kier molecular flexibility index (Phi) is 6.07. The van der Waals surface area contributed by atoms with Crippen molar-refractivity contribution in [3.8, 4) is 5.75 Å². The van der Waals surface area contributed by atoms with Crippen LogP contribution in [0.4, 0.5) is 0 Å². The summed E-state index contributed by atoms with van der Waals surface area (Å²) in [4.78, 5) is 13.4. The first-order valence-electron chi connectivity index (χ1n) is 8.91. The number of carboxylic acids is 1. The van der Waals surface area contributed by atoms with Crippen molar-refractivity contribution in [2.75, 3.05) is 19.7 Å². The van der Waals surface area contributed by atoms with Crippen LogP contribution < -0.4 is 4.74 Å². The lowest BCUT2D eigenvalue weighted by molar-refractivity contribution is -0.143. The predicted octanol–water partition coefficient (Wildman–Crippen LogP) is 3.60.